The van der Waals surface area contributed by atoms with Gasteiger partial charge in [-0.1, -0.05) is 26.0 Å². The molecule has 1 aliphatic heterocycles. The molecular formula is C17H20N2O2S2. The molecule has 0 fully saturated rings. The molecule has 0 amide bonds. The van der Waals surface area contributed by atoms with Crippen molar-refractivity contribution in [3.05, 3.63) is 46.2 Å². The molecule has 2 N–H and O–H groups in total. The molecule has 1 aliphatic rings. The topological polar surface area (TPSA) is 42.5 Å². The summed E-state index contributed by atoms with van der Waals surface area (Å²) in [5.41, 5.74) is 1.11. The Balaban J connectivity index is 1.56. The Hall–Kier alpha value is -1.79. The first-order valence-corrected chi connectivity index (χ1v) is 8.88. The molecule has 0 radical (unpaired) electrons. The Kier molecular flexibility index (Phi) is 5.03. The smallest absolute Gasteiger partial charge is 0.231 e. The lowest BCUT2D eigenvalue weighted by molar-refractivity contribution is 0.174. The molecule has 1 aromatic carbocycles. The van der Waals surface area contributed by atoms with Gasteiger partial charge >= 0.3 is 0 Å². The molecule has 2 aromatic rings. The van der Waals surface area contributed by atoms with E-state index < -0.39 is 0 Å². The maximum Gasteiger partial charge on any atom is 0.231 e. The molecule has 122 valence electrons. The van der Waals surface area contributed by atoms with Crippen molar-refractivity contribution in [2.45, 2.75) is 26.4 Å². The fourth-order valence-corrected chi connectivity index (χ4v) is 3.61. The fraction of sp³-hybridized carbons (Fsp3) is 0.353. The van der Waals surface area contributed by atoms with Crippen LogP contribution in [0.25, 0.3) is 0 Å². The number of benzene rings is 1. The largest absolute Gasteiger partial charge is 0.454 e. The van der Waals surface area contributed by atoms with Crippen LogP contribution < -0.4 is 20.1 Å². The zero-order valence-corrected chi connectivity index (χ0v) is 14.8. The van der Waals surface area contributed by atoms with Crippen LogP contribution in [0.3, 0.4) is 0 Å². The number of thiocarbonyl (C=S) groups is 1. The second kappa shape index (κ2) is 7.19. The minimum Gasteiger partial charge on any atom is -0.454 e. The van der Waals surface area contributed by atoms with Crippen LogP contribution in [0.2, 0.25) is 0 Å². The average Bonchev–Trinajstić information content (AvgIpc) is 3.20. The minimum absolute atomic E-state index is 0.228. The molecule has 4 nitrogen and oxygen atoms in total. The van der Waals surface area contributed by atoms with Crippen LogP contribution in [0.5, 0.6) is 11.5 Å². The fourth-order valence-electron chi connectivity index (χ4n) is 2.46. The van der Waals surface area contributed by atoms with Gasteiger partial charge < -0.3 is 20.1 Å². The molecule has 6 heteroatoms. The van der Waals surface area contributed by atoms with E-state index in [0.717, 1.165) is 17.1 Å². The third-order valence-electron chi connectivity index (χ3n) is 3.69. The predicted octanol–water partition coefficient (Wildman–Crippen LogP) is 3.84. The lowest BCUT2D eigenvalue weighted by atomic mass is 10.0. The van der Waals surface area contributed by atoms with Gasteiger partial charge in [-0.3, -0.25) is 0 Å². The molecule has 2 heterocycles. The van der Waals surface area contributed by atoms with E-state index in [-0.39, 0.29) is 6.04 Å². The number of thiophene rings is 1. The van der Waals surface area contributed by atoms with Gasteiger partial charge in [0.15, 0.2) is 16.6 Å². The second-order valence-corrected chi connectivity index (χ2v) is 7.14. The lowest BCUT2D eigenvalue weighted by Crippen LogP contribution is -2.38. The van der Waals surface area contributed by atoms with Gasteiger partial charge in [0.2, 0.25) is 6.79 Å². The summed E-state index contributed by atoms with van der Waals surface area (Å²) in [5.74, 6) is 2.05. The number of rotatable bonds is 5. The van der Waals surface area contributed by atoms with Gasteiger partial charge in [-0.25, -0.2) is 0 Å². The number of nitrogens with one attached hydrogen (secondary N) is 2. The number of ether oxygens (including phenoxy) is 2. The summed E-state index contributed by atoms with van der Waals surface area (Å²) in [5, 5.41) is 9.44. The zero-order chi connectivity index (χ0) is 16.2. The second-order valence-electron chi connectivity index (χ2n) is 5.75. The number of hydrogen-bond acceptors (Lipinski definition) is 4. The van der Waals surface area contributed by atoms with Crippen LogP contribution in [0.15, 0.2) is 35.7 Å². The molecule has 1 aromatic heterocycles. The van der Waals surface area contributed by atoms with Crippen molar-refractivity contribution in [3.63, 3.8) is 0 Å². The Morgan fingerprint density at radius 1 is 1.26 bits per heavy atom. The van der Waals surface area contributed by atoms with Crippen molar-refractivity contribution in [2.24, 2.45) is 5.92 Å². The van der Waals surface area contributed by atoms with Gasteiger partial charge in [0.25, 0.3) is 0 Å². The summed E-state index contributed by atoms with van der Waals surface area (Å²) in [4.78, 5) is 1.30. The summed E-state index contributed by atoms with van der Waals surface area (Å²) in [6.07, 6.45) is 0. The summed E-state index contributed by atoms with van der Waals surface area (Å²) in [6, 6.07) is 10.4. The van der Waals surface area contributed by atoms with Crippen molar-refractivity contribution in [2.75, 3.05) is 6.79 Å². The zero-order valence-electron chi connectivity index (χ0n) is 13.2. The van der Waals surface area contributed by atoms with Gasteiger partial charge in [-0.15, -0.1) is 11.3 Å². The van der Waals surface area contributed by atoms with E-state index >= 15 is 0 Å². The standard InChI is InChI=1S/C17H20N2O2S2/c1-11(2)16(15-4-3-7-23-15)19-17(22)18-9-12-5-6-13-14(8-12)21-10-20-13/h3-8,11,16H,9-10H2,1-2H3,(H2,18,19,22)/t16-/m1/s1. The monoisotopic (exact) mass is 348 g/mol. The van der Waals surface area contributed by atoms with Crippen LogP contribution in [-0.2, 0) is 6.54 Å². The highest BCUT2D eigenvalue weighted by molar-refractivity contribution is 7.80. The molecule has 0 unspecified atom stereocenters. The maximum absolute atomic E-state index is 5.45. The summed E-state index contributed by atoms with van der Waals surface area (Å²) < 4.78 is 10.7. The predicted molar refractivity (Wildman–Crippen MR) is 97.0 cm³/mol. The minimum atomic E-state index is 0.228. The van der Waals surface area contributed by atoms with Crippen molar-refractivity contribution in [3.8, 4) is 11.5 Å². The van der Waals surface area contributed by atoms with E-state index in [0.29, 0.717) is 24.4 Å². The van der Waals surface area contributed by atoms with Gasteiger partial charge in [0.1, 0.15) is 0 Å². The van der Waals surface area contributed by atoms with E-state index in [1.165, 1.54) is 4.88 Å². The van der Waals surface area contributed by atoms with E-state index in [9.17, 15) is 0 Å². The van der Waals surface area contributed by atoms with E-state index in [1.54, 1.807) is 11.3 Å². The Bertz CT molecular complexity index is 671. The number of fused-ring (bicyclic) bond motifs is 1. The molecule has 0 bridgehead atoms. The summed E-state index contributed by atoms with van der Waals surface area (Å²) in [6.45, 7) is 5.33. The molecule has 0 saturated carbocycles. The summed E-state index contributed by atoms with van der Waals surface area (Å²) >= 11 is 7.20. The van der Waals surface area contributed by atoms with Crippen molar-refractivity contribution in [1.29, 1.82) is 0 Å². The molecule has 0 saturated heterocycles. The van der Waals surface area contributed by atoms with Gasteiger partial charge in [0, 0.05) is 11.4 Å². The molecule has 0 spiro atoms. The summed E-state index contributed by atoms with van der Waals surface area (Å²) in [7, 11) is 0. The molecule has 23 heavy (non-hydrogen) atoms. The molecule has 0 aliphatic carbocycles. The van der Waals surface area contributed by atoms with Crippen molar-refractivity contribution < 1.29 is 9.47 Å². The highest BCUT2D eigenvalue weighted by Crippen LogP contribution is 2.32. The Morgan fingerprint density at radius 2 is 2.09 bits per heavy atom. The highest BCUT2D eigenvalue weighted by Gasteiger charge is 2.18. The van der Waals surface area contributed by atoms with E-state index in [2.05, 4.69) is 42.0 Å². The number of hydrogen-bond donors (Lipinski definition) is 2. The Morgan fingerprint density at radius 3 is 2.83 bits per heavy atom. The SMILES string of the molecule is CC(C)[C@@H](NC(=S)NCc1ccc2c(c1)OCO2)c1cccs1. The van der Waals surface area contributed by atoms with Gasteiger partial charge in [-0.2, -0.15) is 0 Å². The van der Waals surface area contributed by atoms with Crippen LogP contribution >= 0.6 is 23.6 Å². The van der Waals surface area contributed by atoms with Gasteiger partial charge in [0.05, 0.1) is 6.04 Å². The quantitative estimate of drug-likeness (QED) is 0.804. The first-order valence-electron chi connectivity index (χ1n) is 7.60. The van der Waals surface area contributed by atoms with Crippen LogP contribution in [0, 0.1) is 5.92 Å². The van der Waals surface area contributed by atoms with Crippen molar-refractivity contribution in [1.82, 2.24) is 10.6 Å². The van der Waals surface area contributed by atoms with Crippen LogP contribution in [-0.4, -0.2) is 11.9 Å². The highest BCUT2D eigenvalue weighted by atomic mass is 32.1. The third-order valence-corrected chi connectivity index (χ3v) is 4.91. The first kappa shape index (κ1) is 16.1. The first-order chi connectivity index (χ1) is 11.1. The van der Waals surface area contributed by atoms with E-state index in [4.69, 9.17) is 21.7 Å². The maximum atomic E-state index is 5.45. The molecule has 3 rings (SSSR count). The average molecular weight is 348 g/mol. The third kappa shape index (κ3) is 3.95. The molecule has 1 atom stereocenters. The lowest BCUT2D eigenvalue weighted by Gasteiger charge is -2.23. The normalized spacial score (nSPS) is 13.9. The van der Waals surface area contributed by atoms with Gasteiger partial charge in [-0.05, 0) is 47.3 Å². The van der Waals surface area contributed by atoms with Crippen molar-refractivity contribution >= 4 is 28.7 Å². The van der Waals surface area contributed by atoms with Crippen LogP contribution in [0.4, 0.5) is 0 Å². The molecular weight excluding hydrogens is 328 g/mol. The van der Waals surface area contributed by atoms with Crippen LogP contribution in [0.1, 0.15) is 30.3 Å². The van der Waals surface area contributed by atoms with E-state index in [1.807, 2.05) is 18.2 Å². The Labute approximate surface area is 145 Å².